The van der Waals surface area contributed by atoms with Crippen LogP contribution < -0.4 is 5.73 Å². The van der Waals surface area contributed by atoms with Gasteiger partial charge in [-0.25, -0.2) is 15.1 Å². The van der Waals surface area contributed by atoms with Crippen molar-refractivity contribution in [1.82, 2.24) is 0 Å². The molecule has 9 nitrogen and oxygen atoms in total. The molecule has 0 radical (unpaired) electrons. The molecule has 0 spiro atoms. The van der Waals surface area contributed by atoms with Gasteiger partial charge in [-0.3, -0.25) is 4.79 Å². The number of hydrogen-bond donors (Lipinski definition) is 1. The molecule has 1 aliphatic rings. The third kappa shape index (κ3) is 3.80. The maximum atomic E-state index is 11.5. The Morgan fingerprint density at radius 2 is 2.39 bits per heavy atom. The van der Waals surface area contributed by atoms with Gasteiger partial charge in [-0.05, 0) is 13.8 Å². The molecule has 1 heterocycles. The Balaban J connectivity index is 2.78. The molecule has 0 saturated heterocycles. The van der Waals surface area contributed by atoms with Crippen molar-refractivity contribution in [1.29, 1.82) is 0 Å². The van der Waals surface area contributed by atoms with E-state index in [-0.39, 0.29) is 11.8 Å². The first-order chi connectivity index (χ1) is 8.43. The summed E-state index contributed by atoms with van der Waals surface area (Å²) >= 11 is 1.01. The minimum atomic E-state index is -0.960. The number of rotatable bonds is 3. The maximum Gasteiger partial charge on any atom is 0.325 e. The highest BCUT2D eigenvalue weighted by molar-refractivity contribution is 8.16. The average molecular weight is 273 g/mol. The number of nitro groups is 1. The molecule has 1 atom stereocenters. The molecule has 2 N–H and O–H groups in total. The number of nitrogens with zero attached hydrogens (tertiary/aromatic N) is 4. The van der Waals surface area contributed by atoms with Crippen LogP contribution in [-0.2, 0) is 9.53 Å². The second-order valence-corrected chi connectivity index (χ2v) is 4.17. The van der Waals surface area contributed by atoms with Crippen LogP contribution >= 0.6 is 11.8 Å². The van der Waals surface area contributed by atoms with Gasteiger partial charge in [-0.1, -0.05) is 11.8 Å². The first-order valence-electron chi connectivity index (χ1n) is 4.89. The number of hydrogen-bond acceptors (Lipinski definition) is 5. The molecule has 0 bridgehead atoms. The molecule has 0 amide bonds. The molecule has 0 aliphatic carbocycles. The number of amidine groups is 1. The molecule has 0 aromatic carbocycles. The van der Waals surface area contributed by atoms with E-state index in [1.54, 1.807) is 13.8 Å². The minimum absolute atomic E-state index is 0.147. The van der Waals surface area contributed by atoms with E-state index in [1.165, 1.54) is 0 Å². The Morgan fingerprint density at radius 3 is 2.94 bits per heavy atom. The number of hydrazone groups is 1. The summed E-state index contributed by atoms with van der Waals surface area (Å²) in [5.74, 6) is -0.956. The zero-order valence-corrected chi connectivity index (χ0v) is 10.5. The predicted molar refractivity (Wildman–Crippen MR) is 67.2 cm³/mol. The maximum absolute atomic E-state index is 11.5. The average Bonchev–Trinajstić information content (AvgIpc) is 2.58. The predicted octanol–water partition coefficient (Wildman–Crippen LogP) is -0.0118. The fraction of sp³-hybridized carbons (Fsp3) is 0.500. The van der Waals surface area contributed by atoms with E-state index in [0.29, 0.717) is 5.71 Å². The molecule has 1 rings (SSSR count). The van der Waals surface area contributed by atoms with Crippen molar-refractivity contribution in [2.75, 3.05) is 6.61 Å². The standard InChI is InChI=1S/C8H11N5O4S/c1-3-17-6(14)5-4(2)10-8(18-5)11-7(9)12-13(15)16/h5H,3H2,1-2H3,(H2,9,12)/b11-8+. The number of carbonyl (C=O) groups is 1. The summed E-state index contributed by atoms with van der Waals surface area (Å²) in [5.41, 5.74) is 5.71. The number of ether oxygens (including phenoxy) is 1. The van der Waals surface area contributed by atoms with Crippen LogP contribution in [0.3, 0.4) is 0 Å². The topological polar surface area (TPSA) is 133 Å². The van der Waals surface area contributed by atoms with E-state index in [1.807, 2.05) is 0 Å². The van der Waals surface area contributed by atoms with Crippen LogP contribution in [0.2, 0.25) is 0 Å². The van der Waals surface area contributed by atoms with Crippen molar-refractivity contribution in [2.24, 2.45) is 20.8 Å². The molecular weight excluding hydrogens is 262 g/mol. The summed E-state index contributed by atoms with van der Waals surface area (Å²) in [6, 6.07) is 0. The number of thioether (sulfide) groups is 1. The molecular formula is C8H11N5O4S. The molecule has 10 heteroatoms. The molecule has 0 aromatic rings. The Bertz CT molecular complexity index is 458. The fourth-order valence-corrected chi connectivity index (χ4v) is 2.06. The van der Waals surface area contributed by atoms with E-state index in [0.717, 1.165) is 11.8 Å². The number of nitrogens with two attached hydrogens (primary N) is 1. The molecule has 0 aromatic heterocycles. The minimum Gasteiger partial charge on any atom is -0.465 e. The number of carbonyl (C=O) groups excluding carboxylic acids is 1. The monoisotopic (exact) mass is 273 g/mol. The molecule has 0 saturated carbocycles. The summed E-state index contributed by atoms with van der Waals surface area (Å²) in [5, 5.41) is 11.5. The molecule has 98 valence electrons. The molecule has 1 unspecified atom stereocenters. The second kappa shape index (κ2) is 6.10. The van der Waals surface area contributed by atoms with Gasteiger partial charge < -0.3 is 10.5 Å². The lowest BCUT2D eigenvalue weighted by Gasteiger charge is -2.06. The van der Waals surface area contributed by atoms with E-state index in [9.17, 15) is 14.9 Å². The van der Waals surface area contributed by atoms with Crippen molar-refractivity contribution in [3.63, 3.8) is 0 Å². The fourth-order valence-electron chi connectivity index (χ4n) is 1.12. The van der Waals surface area contributed by atoms with Gasteiger partial charge in [0.1, 0.15) is 10.4 Å². The zero-order chi connectivity index (χ0) is 13.7. The van der Waals surface area contributed by atoms with Crippen molar-refractivity contribution in [2.45, 2.75) is 19.1 Å². The van der Waals surface area contributed by atoms with Gasteiger partial charge in [0.05, 0.1) is 6.61 Å². The summed E-state index contributed by atoms with van der Waals surface area (Å²) in [6.07, 6.45) is 0. The van der Waals surface area contributed by atoms with E-state index in [2.05, 4.69) is 15.1 Å². The van der Waals surface area contributed by atoms with Crippen LogP contribution in [0.25, 0.3) is 0 Å². The number of esters is 1. The van der Waals surface area contributed by atoms with Gasteiger partial charge in [0.2, 0.25) is 0 Å². The lowest BCUT2D eigenvalue weighted by Crippen LogP contribution is -2.24. The van der Waals surface area contributed by atoms with Gasteiger partial charge >= 0.3 is 5.97 Å². The van der Waals surface area contributed by atoms with Crippen molar-refractivity contribution in [3.05, 3.63) is 10.1 Å². The van der Waals surface area contributed by atoms with E-state index >= 15 is 0 Å². The lowest BCUT2D eigenvalue weighted by molar-refractivity contribution is -0.485. The summed E-state index contributed by atoms with van der Waals surface area (Å²) in [4.78, 5) is 29.2. The van der Waals surface area contributed by atoms with Crippen LogP contribution in [0.15, 0.2) is 15.1 Å². The smallest absolute Gasteiger partial charge is 0.325 e. The zero-order valence-electron chi connectivity index (χ0n) is 9.69. The highest BCUT2D eigenvalue weighted by Crippen LogP contribution is 2.24. The highest BCUT2D eigenvalue weighted by atomic mass is 32.2. The Kier molecular flexibility index (Phi) is 4.77. The van der Waals surface area contributed by atoms with E-state index in [4.69, 9.17) is 10.5 Å². The highest BCUT2D eigenvalue weighted by Gasteiger charge is 2.31. The third-order valence-corrected chi connectivity index (χ3v) is 2.93. The number of guanidine groups is 1. The summed E-state index contributed by atoms with van der Waals surface area (Å²) in [6.45, 7) is 3.60. The SMILES string of the molecule is CCOC(=O)C1S/C(=N/C(N)=N/[N+](=O)[O-])N=C1C. The molecule has 0 fully saturated rings. The van der Waals surface area contributed by atoms with Crippen LogP contribution in [0.1, 0.15) is 13.8 Å². The van der Waals surface area contributed by atoms with Gasteiger partial charge in [0.15, 0.2) is 10.2 Å². The largest absolute Gasteiger partial charge is 0.465 e. The van der Waals surface area contributed by atoms with Crippen molar-refractivity contribution < 1.29 is 14.6 Å². The Morgan fingerprint density at radius 1 is 1.72 bits per heavy atom. The quantitative estimate of drug-likeness (QED) is 0.253. The van der Waals surface area contributed by atoms with Crippen LogP contribution in [-0.4, -0.2) is 39.7 Å². The van der Waals surface area contributed by atoms with Gasteiger partial charge in [-0.2, -0.15) is 4.99 Å². The van der Waals surface area contributed by atoms with Crippen molar-refractivity contribution >= 4 is 34.6 Å². The van der Waals surface area contributed by atoms with Crippen LogP contribution in [0.4, 0.5) is 0 Å². The molecule has 18 heavy (non-hydrogen) atoms. The third-order valence-electron chi connectivity index (χ3n) is 1.77. The first-order valence-corrected chi connectivity index (χ1v) is 5.77. The summed E-state index contributed by atoms with van der Waals surface area (Å²) < 4.78 is 4.85. The normalized spacial score (nSPS) is 21.9. The van der Waals surface area contributed by atoms with Gasteiger partial charge in [0.25, 0.3) is 5.96 Å². The lowest BCUT2D eigenvalue weighted by atomic mass is 10.3. The Hall–Kier alpha value is -1.97. The summed E-state index contributed by atoms with van der Waals surface area (Å²) in [7, 11) is 0. The first kappa shape index (κ1) is 14.1. The Labute approximate surface area is 106 Å². The van der Waals surface area contributed by atoms with Crippen LogP contribution in [0, 0.1) is 10.1 Å². The second-order valence-electron chi connectivity index (χ2n) is 3.09. The number of aliphatic imine (C=N–C) groups is 2. The van der Waals surface area contributed by atoms with Crippen LogP contribution in [0.5, 0.6) is 0 Å². The van der Waals surface area contributed by atoms with E-state index < -0.39 is 22.2 Å². The van der Waals surface area contributed by atoms with Gasteiger partial charge in [-0.15, -0.1) is 0 Å². The molecule has 1 aliphatic heterocycles. The van der Waals surface area contributed by atoms with Gasteiger partial charge in [0, 0.05) is 5.71 Å². The van der Waals surface area contributed by atoms with Crippen molar-refractivity contribution in [3.8, 4) is 0 Å².